The zero-order valence-electron chi connectivity index (χ0n) is 13.9. The maximum Gasteiger partial charge on any atom is 0.0189 e. The molecule has 0 aliphatic heterocycles. The molecule has 0 saturated heterocycles. The van der Waals surface area contributed by atoms with Crippen LogP contribution >= 0.6 is 11.8 Å². The lowest BCUT2D eigenvalue weighted by atomic mass is 9.79. The molecule has 1 fully saturated rings. The molecule has 1 N–H and O–H groups in total. The molecule has 1 saturated carbocycles. The topological polar surface area (TPSA) is 12.0 Å². The number of benzene rings is 1. The van der Waals surface area contributed by atoms with Gasteiger partial charge in [0.15, 0.2) is 0 Å². The fourth-order valence-electron chi connectivity index (χ4n) is 3.27. The van der Waals surface area contributed by atoms with Gasteiger partial charge >= 0.3 is 0 Å². The number of hydrogen-bond donors (Lipinski definition) is 1. The smallest absolute Gasteiger partial charge is 0.0189 e. The van der Waals surface area contributed by atoms with Crippen molar-refractivity contribution in [1.29, 1.82) is 0 Å². The van der Waals surface area contributed by atoms with Crippen LogP contribution in [0.2, 0.25) is 0 Å². The third-order valence-corrected chi connectivity index (χ3v) is 5.82. The first-order valence-electron chi connectivity index (χ1n) is 8.62. The minimum absolute atomic E-state index is 0.683. The first-order chi connectivity index (χ1) is 10.2. The highest BCUT2D eigenvalue weighted by molar-refractivity contribution is 7.99. The molecule has 1 aromatic carbocycles. The molecule has 0 aromatic heterocycles. The summed E-state index contributed by atoms with van der Waals surface area (Å²) in [7, 11) is 0. The fraction of sp³-hybridized carbons (Fsp3) is 0.684. The lowest BCUT2D eigenvalue weighted by molar-refractivity contribution is 0.242. The molecule has 0 spiro atoms. The Morgan fingerprint density at radius 3 is 2.67 bits per heavy atom. The van der Waals surface area contributed by atoms with Crippen molar-refractivity contribution in [1.82, 2.24) is 5.32 Å². The molecule has 1 atom stereocenters. The second kappa shape index (κ2) is 8.85. The normalized spacial score (nSPS) is 24.0. The zero-order chi connectivity index (χ0) is 15.1. The van der Waals surface area contributed by atoms with Gasteiger partial charge in [0.1, 0.15) is 0 Å². The van der Waals surface area contributed by atoms with Gasteiger partial charge in [0.2, 0.25) is 0 Å². The minimum atomic E-state index is 0.683. The molecule has 0 amide bonds. The molecule has 1 aliphatic rings. The number of hydrogen-bond acceptors (Lipinski definition) is 2. The van der Waals surface area contributed by atoms with Crippen LogP contribution in [0.1, 0.15) is 51.5 Å². The van der Waals surface area contributed by atoms with Crippen molar-refractivity contribution in [3.05, 3.63) is 29.8 Å². The average molecular weight is 306 g/mol. The van der Waals surface area contributed by atoms with Gasteiger partial charge in [0.25, 0.3) is 0 Å². The Balaban J connectivity index is 1.89. The first kappa shape index (κ1) is 16.9. The van der Waals surface area contributed by atoms with Gasteiger partial charge in [-0.2, -0.15) is 0 Å². The van der Waals surface area contributed by atoms with Crippen molar-refractivity contribution in [3.63, 3.8) is 0 Å². The van der Waals surface area contributed by atoms with E-state index < -0.39 is 0 Å². The largest absolute Gasteiger partial charge is 0.313 e. The summed E-state index contributed by atoms with van der Waals surface area (Å²) in [5.41, 5.74) is 1.37. The Morgan fingerprint density at radius 2 is 2.00 bits per heavy atom. The lowest BCUT2D eigenvalue weighted by Gasteiger charge is -2.33. The summed E-state index contributed by atoms with van der Waals surface area (Å²) in [5.74, 6) is 3.03. The third-order valence-electron chi connectivity index (χ3n) is 4.71. The van der Waals surface area contributed by atoms with Gasteiger partial charge in [0, 0.05) is 16.7 Å². The zero-order valence-corrected chi connectivity index (χ0v) is 14.7. The summed E-state index contributed by atoms with van der Waals surface area (Å²) in [6.07, 6.45) is 6.90. The van der Waals surface area contributed by atoms with E-state index in [0.717, 1.165) is 18.4 Å². The Kier molecular flexibility index (Phi) is 7.12. The molecule has 1 unspecified atom stereocenters. The highest BCUT2D eigenvalue weighted by Crippen LogP contribution is 2.32. The molecule has 1 aliphatic carbocycles. The number of rotatable bonds is 7. The summed E-state index contributed by atoms with van der Waals surface area (Å²) < 4.78 is 0. The van der Waals surface area contributed by atoms with Crippen molar-refractivity contribution in [3.8, 4) is 0 Å². The summed E-state index contributed by atoms with van der Waals surface area (Å²) >= 11 is 2.03. The Labute approximate surface area is 135 Å². The average Bonchev–Trinajstić information content (AvgIpc) is 2.49. The summed E-state index contributed by atoms with van der Waals surface area (Å²) in [4.78, 5) is 1.42. The van der Waals surface area contributed by atoms with Crippen molar-refractivity contribution >= 4 is 11.8 Å². The maximum atomic E-state index is 3.82. The Bertz CT molecular complexity index is 410. The highest BCUT2D eigenvalue weighted by Gasteiger charge is 2.25. The van der Waals surface area contributed by atoms with Gasteiger partial charge in [-0.15, -0.1) is 11.8 Å². The molecular formula is C19H31NS. The highest BCUT2D eigenvalue weighted by atomic mass is 32.2. The van der Waals surface area contributed by atoms with Gasteiger partial charge in [-0.3, -0.25) is 0 Å². The van der Waals surface area contributed by atoms with Gasteiger partial charge < -0.3 is 5.32 Å². The fourth-order valence-corrected chi connectivity index (χ4v) is 4.48. The van der Waals surface area contributed by atoms with Gasteiger partial charge in [-0.25, -0.2) is 0 Å². The molecule has 21 heavy (non-hydrogen) atoms. The predicted octanol–water partition coefficient (Wildman–Crippen LogP) is 5.28. The first-order valence-corrected chi connectivity index (χ1v) is 9.60. The van der Waals surface area contributed by atoms with Crippen molar-refractivity contribution < 1.29 is 0 Å². The molecule has 0 radical (unpaired) electrons. The van der Waals surface area contributed by atoms with Crippen LogP contribution in [0.15, 0.2) is 29.2 Å². The number of aryl methyl sites for hydroxylation is 1. The molecule has 0 heterocycles. The molecule has 118 valence electrons. The standard InChI is InChI=1S/C19H31NS/c1-4-12-20-19(17-10-8-15(2)9-11-17)14-21-18-7-5-6-16(3)13-18/h5-7,13,15,17,19-20H,4,8-12,14H2,1-3H3. The van der Waals surface area contributed by atoms with E-state index in [9.17, 15) is 0 Å². The second-order valence-electron chi connectivity index (χ2n) is 6.71. The van der Waals surface area contributed by atoms with E-state index in [2.05, 4.69) is 50.4 Å². The monoisotopic (exact) mass is 305 g/mol. The lowest BCUT2D eigenvalue weighted by Crippen LogP contribution is -2.40. The van der Waals surface area contributed by atoms with Crippen LogP contribution in [0.5, 0.6) is 0 Å². The minimum Gasteiger partial charge on any atom is -0.313 e. The van der Waals surface area contributed by atoms with E-state index in [0.29, 0.717) is 6.04 Å². The summed E-state index contributed by atoms with van der Waals surface area (Å²) in [5, 5.41) is 3.82. The van der Waals surface area contributed by atoms with Crippen LogP contribution in [0.4, 0.5) is 0 Å². The number of thioether (sulfide) groups is 1. The van der Waals surface area contributed by atoms with Crippen LogP contribution in [0.3, 0.4) is 0 Å². The van der Waals surface area contributed by atoms with E-state index in [-0.39, 0.29) is 0 Å². The van der Waals surface area contributed by atoms with Crippen molar-refractivity contribution in [2.45, 2.75) is 63.8 Å². The summed E-state index contributed by atoms with van der Waals surface area (Å²) in [6.45, 7) is 8.01. The van der Waals surface area contributed by atoms with Gasteiger partial charge in [-0.05, 0) is 56.7 Å². The second-order valence-corrected chi connectivity index (χ2v) is 7.80. The van der Waals surface area contributed by atoms with Crippen LogP contribution < -0.4 is 5.32 Å². The summed E-state index contributed by atoms with van der Waals surface area (Å²) in [6, 6.07) is 9.60. The van der Waals surface area contributed by atoms with Crippen molar-refractivity contribution in [2.75, 3.05) is 12.3 Å². The van der Waals surface area contributed by atoms with E-state index >= 15 is 0 Å². The molecular weight excluding hydrogens is 274 g/mol. The van der Waals surface area contributed by atoms with Gasteiger partial charge in [-0.1, -0.05) is 44.4 Å². The molecule has 2 heteroatoms. The van der Waals surface area contributed by atoms with Crippen LogP contribution in [-0.2, 0) is 0 Å². The quantitative estimate of drug-likeness (QED) is 0.688. The van der Waals surface area contributed by atoms with E-state index in [1.807, 2.05) is 11.8 Å². The maximum absolute atomic E-state index is 3.82. The third kappa shape index (κ3) is 5.67. The van der Waals surface area contributed by atoms with Crippen LogP contribution in [0, 0.1) is 18.8 Å². The van der Waals surface area contributed by atoms with Crippen molar-refractivity contribution in [2.24, 2.45) is 11.8 Å². The van der Waals surface area contributed by atoms with Crippen LogP contribution in [-0.4, -0.2) is 18.3 Å². The number of nitrogens with one attached hydrogen (secondary N) is 1. The predicted molar refractivity (Wildman–Crippen MR) is 95.1 cm³/mol. The molecule has 1 aromatic rings. The SMILES string of the molecule is CCCNC(CSc1cccc(C)c1)C1CCC(C)CC1. The van der Waals surface area contributed by atoms with E-state index in [1.54, 1.807) is 0 Å². The molecule has 2 rings (SSSR count). The van der Waals surface area contributed by atoms with E-state index in [4.69, 9.17) is 0 Å². The molecule has 0 bridgehead atoms. The van der Waals surface area contributed by atoms with Crippen LogP contribution in [0.25, 0.3) is 0 Å². The molecule has 1 nitrogen and oxygen atoms in total. The van der Waals surface area contributed by atoms with Gasteiger partial charge in [0.05, 0.1) is 0 Å². The Morgan fingerprint density at radius 1 is 1.24 bits per heavy atom. The Hall–Kier alpha value is -0.470. The van der Waals surface area contributed by atoms with E-state index in [1.165, 1.54) is 48.3 Å².